The average molecular weight is 1080 g/mol. The summed E-state index contributed by atoms with van der Waals surface area (Å²) in [6.07, 6.45) is 85.7. The molecule has 0 saturated heterocycles. The van der Waals surface area contributed by atoms with Crippen molar-refractivity contribution in [2.75, 3.05) is 13.2 Å². The number of carbonyl (C=O) groups is 2. The van der Waals surface area contributed by atoms with Crippen LogP contribution in [-0.4, -0.2) is 47.4 Å². The Labute approximate surface area is 480 Å². The fourth-order valence-corrected chi connectivity index (χ4v) is 10.6. The van der Waals surface area contributed by atoms with Crippen LogP contribution in [0.25, 0.3) is 0 Å². The van der Waals surface area contributed by atoms with Crippen LogP contribution in [0, 0.1) is 0 Å². The van der Waals surface area contributed by atoms with Crippen LogP contribution in [0.1, 0.15) is 367 Å². The molecule has 0 aliphatic heterocycles. The van der Waals surface area contributed by atoms with Crippen molar-refractivity contribution in [1.29, 1.82) is 0 Å². The van der Waals surface area contributed by atoms with E-state index in [1.807, 2.05) is 0 Å². The number of rotatable bonds is 64. The Kier molecular flexibility index (Phi) is 64.5. The molecule has 6 heteroatoms. The van der Waals surface area contributed by atoms with Crippen LogP contribution in [0.3, 0.4) is 0 Å². The van der Waals surface area contributed by atoms with Crippen LogP contribution in [0.2, 0.25) is 0 Å². The van der Waals surface area contributed by atoms with Crippen molar-refractivity contribution in [3.8, 4) is 0 Å². The van der Waals surface area contributed by atoms with E-state index in [1.165, 1.54) is 276 Å². The maximum Gasteiger partial charge on any atom is 0.305 e. The molecule has 0 aromatic carbocycles. The predicted octanol–water partition coefficient (Wildman–Crippen LogP) is 22.1. The van der Waals surface area contributed by atoms with Gasteiger partial charge in [0.1, 0.15) is 0 Å². The fraction of sp³-hybridized carbons (Fsp3) is 0.859. The first kappa shape index (κ1) is 74.8. The molecule has 0 rings (SSSR count). The monoisotopic (exact) mass is 1080 g/mol. The highest BCUT2D eigenvalue weighted by molar-refractivity contribution is 5.76. The van der Waals surface area contributed by atoms with E-state index in [4.69, 9.17) is 4.74 Å². The van der Waals surface area contributed by atoms with E-state index in [0.29, 0.717) is 25.9 Å². The third-order valence-electron chi connectivity index (χ3n) is 15.9. The molecule has 0 bridgehead atoms. The van der Waals surface area contributed by atoms with Crippen molar-refractivity contribution in [3.05, 3.63) is 48.6 Å². The molecule has 77 heavy (non-hydrogen) atoms. The standard InChI is InChI=1S/C71H133NO5/c1-3-5-7-9-11-13-15-17-19-21-29-33-37-41-45-49-53-57-61-65-71(76)77-66-62-58-54-50-46-42-38-34-31-28-26-24-22-23-25-27-30-32-36-40-44-48-52-56-60-64-70(75)72-68(67-73)69(74)63-59-55-51-47-43-39-35-20-18-16-14-12-10-8-6-4-2/h11,13,17,19,23-26,68-69,73-74H,3-10,12,14-16,18,20-22,27-67H2,1-2H3,(H,72,75)/b13-11-,19-17-,25-23-,26-24-. The number of aliphatic hydroxyl groups excluding tert-OH is 2. The van der Waals surface area contributed by atoms with E-state index in [1.54, 1.807) is 0 Å². The molecule has 0 heterocycles. The van der Waals surface area contributed by atoms with Gasteiger partial charge in [-0.15, -0.1) is 0 Å². The molecule has 3 N–H and O–H groups in total. The van der Waals surface area contributed by atoms with Crippen molar-refractivity contribution in [2.45, 2.75) is 379 Å². The predicted molar refractivity (Wildman–Crippen MR) is 338 cm³/mol. The van der Waals surface area contributed by atoms with Gasteiger partial charge < -0.3 is 20.3 Å². The zero-order chi connectivity index (χ0) is 55.7. The highest BCUT2D eigenvalue weighted by atomic mass is 16.5. The molecule has 6 nitrogen and oxygen atoms in total. The van der Waals surface area contributed by atoms with Gasteiger partial charge >= 0.3 is 5.97 Å². The molecule has 2 atom stereocenters. The normalized spacial score (nSPS) is 12.8. The van der Waals surface area contributed by atoms with Crippen LogP contribution in [0.4, 0.5) is 0 Å². The van der Waals surface area contributed by atoms with E-state index in [9.17, 15) is 19.8 Å². The Morgan fingerprint density at radius 3 is 1.01 bits per heavy atom. The molecular weight excluding hydrogens is 947 g/mol. The minimum Gasteiger partial charge on any atom is -0.466 e. The number of ether oxygens (including phenoxy) is 1. The Balaban J connectivity index is 3.42. The number of amides is 1. The summed E-state index contributed by atoms with van der Waals surface area (Å²) in [4.78, 5) is 24.6. The van der Waals surface area contributed by atoms with Gasteiger partial charge in [0.25, 0.3) is 0 Å². The van der Waals surface area contributed by atoms with Crippen LogP contribution in [-0.2, 0) is 14.3 Å². The lowest BCUT2D eigenvalue weighted by Gasteiger charge is -2.22. The van der Waals surface area contributed by atoms with Crippen molar-refractivity contribution in [2.24, 2.45) is 0 Å². The third-order valence-corrected chi connectivity index (χ3v) is 15.9. The number of carbonyl (C=O) groups excluding carboxylic acids is 2. The first-order valence-electron chi connectivity index (χ1n) is 34.4. The van der Waals surface area contributed by atoms with Gasteiger partial charge in [0, 0.05) is 12.8 Å². The SMILES string of the molecule is CCCCC/C=C\C/C=C\CCCCCCCCCCCC(=O)OCCCCCCCCCCC/C=C\C/C=C\CCCCCCCCCCCC(=O)NC(CO)C(O)CCCCCCCCCCCCCCCCCC. The van der Waals surface area contributed by atoms with E-state index in [2.05, 4.69) is 67.8 Å². The zero-order valence-electron chi connectivity index (χ0n) is 51.7. The molecule has 0 fully saturated rings. The Hall–Kier alpha value is -2.18. The summed E-state index contributed by atoms with van der Waals surface area (Å²) in [5.74, 6) is -0.0338. The van der Waals surface area contributed by atoms with Crippen LogP contribution < -0.4 is 5.32 Å². The van der Waals surface area contributed by atoms with Crippen molar-refractivity contribution in [1.82, 2.24) is 5.32 Å². The summed E-state index contributed by atoms with van der Waals surface area (Å²) in [7, 11) is 0. The summed E-state index contributed by atoms with van der Waals surface area (Å²) in [5.41, 5.74) is 0. The maximum atomic E-state index is 12.5. The van der Waals surface area contributed by atoms with Crippen LogP contribution in [0.15, 0.2) is 48.6 Å². The summed E-state index contributed by atoms with van der Waals surface area (Å²) in [6.45, 7) is 4.94. The average Bonchev–Trinajstić information content (AvgIpc) is 3.43. The van der Waals surface area contributed by atoms with E-state index < -0.39 is 12.1 Å². The lowest BCUT2D eigenvalue weighted by Crippen LogP contribution is -2.45. The molecule has 0 aromatic heterocycles. The molecule has 0 aliphatic rings. The van der Waals surface area contributed by atoms with Crippen LogP contribution in [0.5, 0.6) is 0 Å². The van der Waals surface area contributed by atoms with Gasteiger partial charge in [0.2, 0.25) is 5.91 Å². The quantitative estimate of drug-likeness (QED) is 0.0320. The van der Waals surface area contributed by atoms with E-state index in [0.717, 1.165) is 57.8 Å². The number of hydrogen-bond acceptors (Lipinski definition) is 5. The fourth-order valence-electron chi connectivity index (χ4n) is 10.6. The lowest BCUT2D eigenvalue weighted by atomic mass is 10.0. The number of aliphatic hydroxyl groups is 2. The van der Waals surface area contributed by atoms with Gasteiger partial charge in [0.05, 0.1) is 25.4 Å². The van der Waals surface area contributed by atoms with Gasteiger partial charge in [-0.3, -0.25) is 9.59 Å². The Morgan fingerprint density at radius 2 is 0.649 bits per heavy atom. The maximum absolute atomic E-state index is 12.5. The molecule has 1 amide bonds. The molecular formula is C71H133NO5. The van der Waals surface area contributed by atoms with E-state index >= 15 is 0 Å². The summed E-state index contributed by atoms with van der Waals surface area (Å²) in [5, 5.41) is 23.3. The second-order valence-corrected chi connectivity index (χ2v) is 23.5. The first-order chi connectivity index (χ1) is 38.0. The summed E-state index contributed by atoms with van der Waals surface area (Å²) >= 11 is 0. The minimum atomic E-state index is -0.669. The van der Waals surface area contributed by atoms with E-state index in [-0.39, 0.29) is 18.5 Å². The molecule has 0 aromatic rings. The highest BCUT2D eigenvalue weighted by Crippen LogP contribution is 2.18. The number of hydrogen-bond donors (Lipinski definition) is 3. The smallest absolute Gasteiger partial charge is 0.305 e. The second-order valence-electron chi connectivity index (χ2n) is 23.5. The second kappa shape index (κ2) is 66.3. The first-order valence-corrected chi connectivity index (χ1v) is 34.4. The van der Waals surface area contributed by atoms with Crippen molar-refractivity contribution in [3.63, 3.8) is 0 Å². The molecule has 2 unspecified atom stereocenters. The number of allylic oxidation sites excluding steroid dienone is 8. The van der Waals surface area contributed by atoms with Gasteiger partial charge in [-0.1, -0.05) is 313 Å². The number of unbranched alkanes of at least 4 members (excludes halogenated alkanes) is 45. The Morgan fingerprint density at radius 1 is 0.364 bits per heavy atom. The summed E-state index contributed by atoms with van der Waals surface area (Å²) < 4.78 is 5.50. The van der Waals surface area contributed by atoms with Crippen molar-refractivity contribution >= 4 is 11.9 Å². The van der Waals surface area contributed by atoms with Gasteiger partial charge in [-0.2, -0.15) is 0 Å². The topological polar surface area (TPSA) is 95.9 Å². The van der Waals surface area contributed by atoms with Gasteiger partial charge in [-0.25, -0.2) is 0 Å². The number of nitrogens with one attached hydrogen (secondary N) is 1. The largest absolute Gasteiger partial charge is 0.466 e. The van der Waals surface area contributed by atoms with Crippen LogP contribution >= 0.6 is 0 Å². The zero-order valence-corrected chi connectivity index (χ0v) is 51.7. The van der Waals surface area contributed by atoms with Crippen molar-refractivity contribution < 1.29 is 24.5 Å². The highest BCUT2D eigenvalue weighted by Gasteiger charge is 2.20. The molecule has 452 valence electrons. The molecule has 0 radical (unpaired) electrons. The number of esters is 1. The minimum absolute atomic E-state index is 0.00540. The third kappa shape index (κ3) is 62.9. The lowest BCUT2D eigenvalue weighted by molar-refractivity contribution is -0.143. The van der Waals surface area contributed by atoms with Gasteiger partial charge in [-0.05, 0) is 89.9 Å². The molecule has 0 aliphatic carbocycles. The Bertz CT molecular complexity index is 1290. The molecule has 0 spiro atoms. The summed E-state index contributed by atoms with van der Waals surface area (Å²) in [6, 6.07) is -0.547. The molecule has 0 saturated carbocycles. The van der Waals surface area contributed by atoms with Gasteiger partial charge in [0.15, 0.2) is 0 Å².